The Bertz CT molecular complexity index is 380. The summed E-state index contributed by atoms with van der Waals surface area (Å²) in [5, 5.41) is 0. The zero-order valence-electron chi connectivity index (χ0n) is 6.44. The van der Waals surface area contributed by atoms with E-state index in [4.69, 9.17) is 4.78 Å². The van der Waals surface area contributed by atoms with Crippen LogP contribution >= 0.6 is 0 Å². The van der Waals surface area contributed by atoms with Crippen molar-refractivity contribution >= 4 is 19.5 Å². The first kappa shape index (κ1) is 9.28. The second-order valence-electron chi connectivity index (χ2n) is 2.35. The van der Waals surface area contributed by atoms with Crippen LogP contribution in [0.3, 0.4) is 0 Å². The normalized spacial score (nSPS) is 11.1. The predicted octanol–water partition coefficient (Wildman–Crippen LogP) is 1.53. The van der Waals surface area contributed by atoms with Gasteiger partial charge in [0.05, 0.1) is 0 Å². The highest BCUT2D eigenvalue weighted by Crippen LogP contribution is 2.10. The van der Waals surface area contributed by atoms with E-state index in [0.29, 0.717) is 0 Å². The van der Waals surface area contributed by atoms with Gasteiger partial charge in [0.15, 0.2) is 0 Å². The average Bonchev–Trinajstić information content (AvgIpc) is 2.05. The largest absolute Gasteiger partial charge is 0.460 e. The van der Waals surface area contributed by atoms with E-state index in [2.05, 4.69) is 0 Å². The van der Waals surface area contributed by atoms with Crippen LogP contribution in [-0.4, -0.2) is 8.42 Å². The summed E-state index contributed by atoms with van der Waals surface area (Å²) in [7, 11) is -3.32. The van der Waals surface area contributed by atoms with Gasteiger partial charge in [-0.1, -0.05) is 17.7 Å². The molecule has 1 aromatic rings. The summed E-state index contributed by atoms with van der Waals surface area (Å²) < 4.78 is 28.9. The van der Waals surface area contributed by atoms with Gasteiger partial charge in [0.25, 0.3) is 0 Å². The Hall–Kier alpha value is -0.810. The van der Waals surface area contributed by atoms with E-state index >= 15 is 0 Å². The molecule has 0 amide bonds. The molecule has 0 bridgehead atoms. The Balaban J connectivity index is 3.23. The first-order valence-corrected chi connectivity index (χ1v) is 6.05. The number of aryl methyl sites for hydroxylation is 1. The van der Waals surface area contributed by atoms with Gasteiger partial charge in [0.2, 0.25) is 0 Å². The van der Waals surface area contributed by atoms with Crippen LogP contribution in [0, 0.1) is 11.7 Å². The van der Waals surface area contributed by atoms with E-state index in [1.807, 2.05) is 6.92 Å². The molecule has 1 rings (SSSR count). The van der Waals surface area contributed by atoms with E-state index in [0.717, 1.165) is 5.56 Å². The molecule has 0 saturated carbocycles. The molecule has 0 unspecified atom stereocenters. The number of benzene rings is 1. The summed E-state index contributed by atoms with van der Waals surface area (Å²) in [5.74, 6) is 0. The molecule has 0 aliphatic heterocycles. The van der Waals surface area contributed by atoms with Crippen LogP contribution in [0.4, 0.5) is 0 Å². The van der Waals surface area contributed by atoms with Crippen molar-refractivity contribution in [3.05, 3.63) is 29.8 Å². The summed E-state index contributed by atoms with van der Waals surface area (Å²) in [4.78, 5) is 0.188. The molecule has 64 valence electrons. The van der Waals surface area contributed by atoms with Crippen molar-refractivity contribution in [3.8, 4) is 0 Å². The molecule has 0 atom stereocenters. The van der Waals surface area contributed by atoms with Crippen molar-refractivity contribution in [2.45, 2.75) is 11.8 Å². The zero-order valence-corrected chi connectivity index (χ0v) is 8.08. The van der Waals surface area contributed by atoms with Crippen molar-refractivity contribution in [1.82, 2.24) is 0 Å². The molecular formula is C7H8NO2S2+. The lowest BCUT2D eigenvalue weighted by Crippen LogP contribution is -1.96. The van der Waals surface area contributed by atoms with Gasteiger partial charge in [-0.15, -0.1) is 0 Å². The van der Waals surface area contributed by atoms with Gasteiger partial charge in [0.1, 0.15) is 4.90 Å². The van der Waals surface area contributed by atoms with Crippen LogP contribution in [-0.2, 0) is 19.5 Å². The van der Waals surface area contributed by atoms with Crippen LogP contribution in [0.25, 0.3) is 0 Å². The second kappa shape index (κ2) is 3.28. The van der Waals surface area contributed by atoms with Gasteiger partial charge in [-0.05, 0) is 23.8 Å². The fourth-order valence-electron chi connectivity index (χ4n) is 0.753. The van der Waals surface area contributed by atoms with E-state index < -0.39 is 8.87 Å². The van der Waals surface area contributed by atoms with Crippen molar-refractivity contribution < 1.29 is 8.42 Å². The Morgan fingerprint density at radius 1 is 1.25 bits per heavy atom. The molecule has 0 aromatic heterocycles. The van der Waals surface area contributed by atoms with Crippen LogP contribution in [0.15, 0.2) is 29.2 Å². The molecule has 0 heterocycles. The minimum atomic E-state index is -3.43. The first-order chi connectivity index (χ1) is 5.56. The maximum Gasteiger partial charge on any atom is 0.460 e. The summed E-state index contributed by atoms with van der Waals surface area (Å²) >= 11 is 0. The van der Waals surface area contributed by atoms with E-state index in [1.165, 1.54) is 12.1 Å². The Morgan fingerprint density at radius 2 is 1.75 bits per heavy atom. The second-order valence-corrected chi connectivity index (χ2v) is 5.71. The number of rotatable bonds is 2. The molecule has 1 aromatic carbocycles. The minimum Gasteiger partial charge on any atom is -0.161 e. The average molecular weight is 202 g/mol. The predicted molar refractivity (Wildman–Crippen MR) is 48.4 cm³/mol. The monoisotopic (exact) mass is 202 g/mol. The summed E-state index contributed by atoms with van der Waals surface area (Å²) in [6.45, 7) is 1.88. The lowest BCUT2D eigenvalue weighted by molar-refractivity contribution is 0.610. The molecule has 0 fully saturated rings. The lowest BCUT2D eigenvalue weighted by Gasteiger charge is -1.90. The van der Waals surface area contributed by atoms with E-state index in [-0.39, 0.29) is 15.5 Å². The first-order valence-electron chi connectivity index (χ1n) is 3.23. The van der Waals surface area contributed by atoms with Gasteiger partial charge in [-0.25, -0.2) is 0 Å². The quantitative estimate of drug-likeness (QED) is 0.584. The molecule has 3 nitrogen and oxygen atoms in total. The lowest BCUT2D eigenvalue weighted by atomic mass is 10.2. The molecule has 1 N–H and O–H groups in total. The fraction of sp³-hybridized carbons (Fsp3) is 0.143. The number of hydrogen-bond acceptors (Lipinski definition) is 3. The summed E-state index contributed by atoms with van der Waals surface area (Å²) in [6, 6.07) is 6.44. The highest BCUT2D eigenvalue weighted by molar-refractivity contribution is 8.56. The van der Waals surface area contributed by atoms with Crippen molar-refractivity contribution in [1.29, 1.82) is 4.78 Å². The summed E-state index contributed by atoms with van der Waals surface area (Å²) in [5.41, 5.74) is 1.00. The van der Waals surface area contributed by atoms with Crippen LogP contribution < -0.4 is 0 Å². The molecular weight excluding hydrogens is 194 g/mol. The Labute approximate surface area is 74.7 Å². The van der Waals surface area contributed by atoms with Gasteiger partial charge in [-0.3, -0.25) is 0 Å². The van der Waals surface area contributed by atoms with Crippen molar-refractivity contribution in [3.63, 3.8) is 0 Å². The standard InChI is InChI=1S/C7H8NO2S2/c1-6-2-4-7(5-3-6)12(9,10)11-8/h2-5,8H,1H3/q+1. The molecule has 12 heavy (non-hydrogen) atoms. The van der Waals surface area contributed by atoms with Crippen LogP contribution in [0.5, 0.6) is 0 Å². The van der Waals surface area contributed by atoms with Crippen molar-refractivity contribution in [2.24, 2.45) is 0 Å². The molecule has 0 radical (unpaired) electrons. The highest BCUT2D eigenvalue weighted by Gasteiger charge is 2.23. The zero-order chi connectivity index (χ0) is 9.19. The third-order valence-corrected chi connectivity index (χ3v) is 3.72. The minimum absolute atomic E-state index is 0.108. The third-order valence-electron chi connectivity index (χ3n) is 1.42. The highest BCUT2D eigenvalue weighted by atomic mass is 33.1. The molecule has 5 heteroatoms. The number of hydrogen-bond donors (Lipinski definition) is 1. The van der Waals surface area contributed by atoms with Crippen molar-refractivity contribution in [2.75, 3.05) is 0 Å². The smallest absolute Gasteiger partial charge is 0.161 e. The van der Waals surface area contributed by atoms with E-state index in [9.17, 15) is 8.42 Å². The SMILES string of the molecule is Cc1ccc(S(=O)(=O)[S+]=N)cc1. The Kier molecular flexibility index (Phi) is 2.54. The Morgan fingerprint density at radius 3 is 2.17 bits per heavy atom. The van der Waals surface area contributed by atoms with Gasteiger partial charge in [-0.2, -0.15) is 8.42 Å². The topological polar surface area (TPSA) is 58.0 Å². The summed E-state index contributed by atoms with van der Waals surface area (Å²) in [6.07, 6.45) is 0. The van der Waals surface area contributed by atoms with Crippen LogP contribution in [0.1, 0.15) is 5.56 Å². The molecule has 0 saturated heterocycles. The van der Waals surface area contributed by atoms with E-state index in [1.54, 1.807) is 12.1 Å². The maximum atomic E-state index is 11.1. The third kappa shape index (κ3) is 1.86. The van der Waals surface area contributed by atoms with Gasteiger partial charge < -0.3 is 0 Å². The molecule has 0 aliphatic rings. The fourth-order valence-corrected chi connectivity index (χ4v) is 1.94. The molecule has 0 aliphatic carbocycles. The number of nitrogens with one attached hydrogen (secondary N) is 1. The molecule has 0 spiro atoms. The van der Waals surface area contributed by atoms with Gasteiger partial charge >= 0.3 is 19.5 Å². The maximum absolute atomic E-state index is 11.1. The van der Waals surface area contributed by atoms with Crippen LogP contribution in [0.2, 0.25) is 0 Å². The van der Waals surface area contributed by atoms with Gasteiger partial charge in [0, 0.05) is 0 Å².